The first-order valence-electron chi connectivity index (χ1n) is 10.2. The van der Waals surface area contributed by atoms with Crippen LogP contribution in [0.2, 0.25) is 5.02 Å². The molecule has 41 heavy (non-hydrogen) atoms. The molecule has 1 aromatic rings. The predicted molar refractivity (Wildman–Crippen MR) is 109 cm³/mol. The van der Waals surface area contributed by atoms with Gasteiger partial charge in [-0.25, -0.2) is 0 Å². The first kappa shape index (κ1) is 58.9. The molecule has 1 aromatic carbocycles. The summed E-state index contributed by atoms with van der Waals surface area (Å²) in [6.07, 6.45) is -15.8. The first-order chi connectivity index (χ1) is 16.1. The van der Waals surface area contributed by atoms with Gasteiger partial charge in [0.25, 0.3) is 5.69 Å². The summed E-state index contributed by atoms with van der Waals surface area (Å²) in [5.41, 5.74) is -0.0317. The molecule has 0 bridgehead atoms. The summed E-state index contributed by atoms with van der Waals surface area (Å²) < 4.78 is 21.6. The Kier molecular flexibility index (Phi) is 43.0. The Hall–Kier alpha value is 8.56. The van der Waals surface area contributed by atoms with E-state index in [9.17, 15) is 45.9 Å². The van der Waals surface area contributed by atoms with E-state index in [1.807, 2.05) is 0 Å². The second kappa shape index (κ2) is 30.0. The molecule has 0 saturated carbocycles. The molecule has 0 aliphatic carbocycles. The molecule has 2 fully saturated rings. The van der Waals surface area contributed by atoms with Crippen molar-refractivity contribution in [3.8, 4) is 0 Å². The van der Waals surface area contributed by atoms with Crippen LogP contribution in [0.15, 0.2) is 18.2 Å². The molecule has 2 aliphatic rings. The smallest absolute Gasteiger partial charge is 0.288 e. The van der Waals surface area contributed by atoms with Crippen LogP contribution < -0.4 is 0 Å². The molecule has 2 aliphatic heterocycles. The zero-order chi connectivity index (χ0) is 25.2. The van der Waals surface area contributed by atoms with Gasteiger partial charge in [-0.2, -0.15) is 0 Å². The number of nitrogens with zero attached hydrogens (tertiary/aromatic N) is 1. The molecule has 7 radical (unpaired) electrons. The summed E-state index contributed by atoms with van der Waals surface area (Å²) in [5, 5.41) is 80.8. The number of ether oxygens (including phenoxy) is 4. The van der Waals surface area contributed by atoms with E-state index in [0.29, 0.717) is 5.56 Å². The molecule has 213 valence electrons. The van der Waals surface area contributed by atoms with Gasteiger partial charge in [-0.05, 0) is 11.6 Å². The Morgan fingerprint density at radius 1 is 0.780 bits per heavy atom. The van der Waals surface area contributed by atoms with Crippen LogP contribution in [-0.2, 0) is 25.6 Å². The van der Waals surface area contributed by atoms with Crippen molar-refractivity contribution in [3.63, 3.8) is 0 Å². The number of halogens is 1. The van der Waals surface area contributed by atoms with Gasteiger partial charge < -0.3 is 54.7 Å². The minimum atomic E-state index is -1.78. The number of nitro groups is 1. The minimum absolute atomic E-state index is 0. The number of benzene rings is 1. The number of aliphatic hydroxyl groups is 7. The fourth-order valence-corrected chi connectivity index (χ4v) is 3.85. The molecular weight excluding hydrogens is 2070 g/mol. The van der Waals surface area contributed by atoms with Crippen molar-refractivity contribution in [1.82, 2.24) is 0 Å². The monoisotopic (exact) mass is 2100 g/mol. The number of aliphatic hydroxyl groups excluding tert-OH is 7. The van der Waals surface area contributed by atoms with Crippen LogP contribution in [-0.4, -0.2) is 115 Å². The molecule has 22 heteroatoms. The second-order valence-electron chi connectivity index (χ2n) is 7.86. The summed E-state index contributed by atoms with van der Waals surface area (Å²) in [6, 6.07) is 3.92. The van der Waals surface area contributed by atoms with Crippen molar-refractivity contribution in [2.24, 2.45) is 0 Å². The van der Waals surface area contributed by atoms with E-state index in [1.165, 1.54) is 18.2 Å². The van der Waals surface area contributed by atoms with Crippen LogP contribution in [0.3, 0.4) is 0 Å². The van der Waals surface area contributed by atoms with Crippen molar-refractivity contribution >= 4 is 17.3 Å². The normalized spacial score (nSPS) is 32.0. The fraction of sp³-hybridized carbons (Fsp3) is 0.684. The Balaban J connectivity index is -0.000000617. The van der Waals surface area contributed by atoms with Crippen molar-refractivity contribution in [2.45, 2.75) is 68.0 Å². The molecule has 2 saturated heterocycles. The van der Waals surface area contributed by atoms with Crippen molar-refractivity contribution in [3.05, 3.63) is 38.9 Å². The molecule has 14 nitrogen and oxygen atoms in total. The Bertz CT molecular complexity index is 869. The van der Waals surface area contributed by atoms with E-state index in [-0.39, 0.29) is 326 Å². The van der Waals surface area contributed by atoms with Gasteiger partial charge in [0.05, 0.1) is 24.7 Å². The van der Waals surface area contributed by atoms with Gasteiger partial charge in [-0.15, -0.1) is 0 Å². The third-order valence-corrected chi connectivity index (χ3v) is 5.90. The van der Waals surface area contributed by atoms with Gasteiger partial charge in [0, 0.05) is 315 Å². The van der Waals surface area contributed by atoms with Crippen LogP contribution in [0, 0.1) is 319 Å². The van der Waals surface area contributed by atoms with Crippen LogP contribution in [0.4, 0.5) is 5.69 Å². The summed E-state index contributed by atoms with van der Waals surface area (Å²) in [7, 11) is 0. The zero-order valence-corrected chi connectivity index (χ0v) is 55.5. The molecule has 2 heterocycles. The van der Waals surface area contributed by atoms with Gasteiger partial charge in [-0.3, -0.25) is 10.1 Å². The molecule has 7 N–H and O–H groups in total. The minimum Gasteiger partial charge on any atom is -0.394 e. The van der Waals surface area contributed by atoms with Gasteiger partial charge >= 0.3 is 0 Å². The van der Waals surface area contributed by atoms with E-state index >= 15 is 0 Å². The van der Waals surface area contributed by atoms with E-state index in [1.54, 1.807) is 0 Å². The Labute approximate surface area is 492 Å². The molecule has 10 atom stereocenters. The summed E-state index contributed by atoms with van der Waals surface area (Å²) in [6.45, 7) is -1.71. The Morgan fingerprint density at radius 2 is 1.29 bits per heavy atom. The third-order valence-electron chi connectivity index (χ3n) is 5.58. The summed E-state index contributed by atoms with van der Waals surface area (Å²) in [5.74, 6) is 0. The summed E-state index contributed by atoms with van der Waals surface area (Å²) in [4.78, 5) is 10.4. The third kappa shape index (κ3) is 17.1. The Morgan fingerprint density at radius 3 is 1.80 bits per heavy atom. The first-order valence-corrected chi connectivity index (χ1v) is 10.6. The quantitative estimate of drug-likeness (QED) is 0.105. The maximum Gasteiger partial charge on any atom is 0.288 e. The van der Waals surface area contributed by atoms with Gasteiger partial charge in [0.1, 0.15) is 53.9 Å². The largest absolute Gasteiger partial charge is 0.394 e. The van der Waals surface area contributed by atoms with Gasteiger partial charge in [-0.1, -0.05) is 17.7 Å². The maximum absolute atomic E-state index is 11.0. The standard InChI is InChI=1S/C19H26ClNO13.7Ac/c20-8-2-1-7(3-9(8)21(29)30)6-31-18-16(28)14(26)17(11(5-23)33-18)34-19-15(27)13(25)12(24)10(4-22)32-19;;;;;;;/h1-3,10-19,22-28H,4-6H2;;;;;;;. The molecule has 0 amide bonds. The average molecular weight is 2100 g/mol. The van der Waals surface area contributed by atoms with E-state index in [2.05, 4.69) is 0 Å². The second-order valence-corrected chi connectivity index (χ2v) is 8.27. The van der Waals surface area contributed by atoms with E-state index in [4.69, 9.17) is 30.5 Å². The molecule has 0 spiro atoms. The number of hydrogen-bond donors (Lipinski definition) is 7. The maximum atomic E-state index is 11.0. The van der Waals surface area contributed by atoms with Crippen LogP contribution in [0.25, 0.3) is 0 Å². The molecule has 0 aromatic heterocycles. The van der Waals surface area contributed by atoms with Crippen LogP contribution in [0.1, 0.15) is 5.56 Å². The van der Waals surface area contributed by atoms with Crippen molar-refractivity contribution in [2.75, 3.05) is 13.2 Å². The number of rotatable bonds is 8. The van der Waals surface area contributed by atoms with Crippen molar-refractivity contribution < 1.29 is 368 Å². The summed E-state index contributed by atoms with van der Waals surface area (Å²) >= 11 is 5.77. The average Bonchev–Trinajstić information content (AvgIpc) is 2.82. The molecule has 3 rings (SSSR count). The van der Waals surface area contributed by atoms with E-state index in [0.717, 1.165) is 0 Å². The van der Waals surface area contributed by atoms with Crippen molar-refractivity contribution in [1.29, 1.82) is 0 Å². The van der Waals surface area contributed by atoms with Crippen LogP contribution in [0.5, 0.6) is 0 Å². The number of nitro benzene ring substituents is 1. The predicted octanol–water partition coefficient (Wildman–Crippen LogP) is -2.61. The van der Waals surface area contributed by atoms with E-state index < -0.39 is 79.5 Å². The zero-order valence-electron chi connectivity index (χ0n) is 21.6. The fourth-order valence-electron chi connectivity index (χ4n) is 3.66. The number of hydrogen-bond acceptors (Lipinski definition) is 13. The SMILES string of the molecule is O=[N+]([O-])c1cc(COC2OC(CO)C(OC3OC(CO)C(O)C(O)C3O)C(O)C2O)ccc1Cl.[Ac].[Ac].[Ac].[Ac].[Ac].[Ac].[Ac]. The van der Waals surface area contributed by atoms with Crippen LogP contribution >= 0.6 is 11.6 Å². The topological polar surface area (TPSA) is 222 Å². The molecule has 10 unspecified atom stereocenters. The molecular formula is C19H26Ac7ClNO13. The van der Waals surface area contributed by atoms with Gasteiger partial charge in [0.15, 0.2) is 12.6 Å². The van der Waals surface area contributed by atoms with Gasteiger partial charge in [0.2, 0.25) is 0 Å².